The molecule has 5 nitrogen and oxygen atoms in total. The van der Waals surface area contributed by atoms with Crippen LogP contribution in [-0.2, 0) is 36.7 Å². The molecule has 0 unspecified atom stereocenters. The van der Waals surface area contributed by atoms with Gasteiger partial charge in [-0.15, -0.1) is 12.1 Å². The van der Waals surface area contributed by atoms with Gasteiger partial charge in [0.05, 0.1) is 11.3 Å². The minimum atomic E-state index is -0.249. The Kier molecular flexibility index (Phi) is 12.1. The second-order valence-electron chi connectivity index (χ2n) is 14.6. The summed E-state index contributed by atoms with van der Waals surface area (Å²) in [5, 5.41) is 12.0. The van der Waals surface area contributed by atoms with Crippen LogP contribution < -0.4 is 0 Å². The summed E-state index contributed by atoms with van der Waals surface area (Å²) in [5.74, 6) is 0.547. The van der Waals surface area contributed by atoms with Gasteiger partial charge in [-0.3, -0.25) is 9.78 Å². The third-order valence-corrected chi connectivity index (χ3v) is 9.28. The first-order chi connectivity index (χ1) is 21.1. The van der Waals surface area contributed by atoms with Crippen LogP contribution >= 0.6 is 0 Å². The van der Waals surface area contributed by atoms with E-state index in [4.69, 9.17) is 9.97 Å². The molecule has 4 aromatic rings. The average molecular weight is 799 g/mol. The number of allylic oxidation sites excluding steroid dienone is 2. The first-order valence-corrected chi connectivity index (χ1v) is 16.7. The van der Waals surface area contributed by atoms with Crippen molar-refractivity contribution in [1.29, 1.82) is 0 Å². The molecule has 2 aromatic carbocycles. The summed E-state index contributed by atoms with van der Waals surface area (Å²) in [7, 11) is 0. The van der Waals surface area contributed by atoms with Crippen LogP contribution in [0.3, 0.4) is 0 Å². The minimum Gasteiger partial charge on any atom is -0.512 e. The minimum absolute atomic E-state index is 0. The van der Waals surface area contributed by atoms with Gasteiger partial charge in [0.15, 0.2) is 5.78 Å². The van der Waals surface area contributed by atoms with Crippen LogP contribution in [0.15, 0.2) is 42.4 Å². The number of ketones is 1. The van der Waals surface area contributed by atoms with Crippen molar-refractivity contribution in [3.8, 4) is 11.3 Å². The second-order valence-corrected chi connectivity index (χ2v) is 14.6. The van der Waals surface area contributed by atoms with Gasteiger partial charge >= 0.3 is 0 Å². The number of carbonyl (C=O) groups is 1. The van der Waals surface area contributed by atoms with E-state index in [2.05, 4.69) is 83.8 Å². The van der Waals surface area contributed by atoms with E-state index in [1.54, 1.807) is 6.33 Å². The number of aliphatic hydroxyl groups excluding tert-OH is 1. The topological polar surface area (TPSA) is 76.0 Å². The van der Waals surface area contributed by atoms with Crippen molar-refractivity contribution in [1.82, 2.24) is 15.0 Å². The van der Waals surface area contributed by atoms with Gasteiger partial charge in [0.25, 0.3) is 0 Å². The van der Waals surface area contributed by atoms with E-state index in [0.29, 0.717) is 0 Å². The summed E-state index contributed by atoms with van der Waals surface area (Å²) in [6.45, 7) is 23.7. The van der Waals surface area contributed by atoms with E-state index in [1.165, 1.54) is 28.3 Å². The van der Waals surface area contributed by atoms with Gasteiger partial charge in [-0.2, -0.15) is 0 Å². The van der Waals surface area contributed by atoms with Gasteiger partial charge < -0.3 is 10.1 Å². The predicted octanol–water partition coefficient (Wildman–Crippen LogP) is 10.4. The number of aromatic nitrogens is 3. The number of fused-ring (bicyclic) bond motifs is 3. The molecule has 6 heteroatoms. The third kappa shape index (κ3) is 7.77. The van der Waals surface area contributed by atoms with E-state index in [-0.39, 0.29) is 54.3 Å². The molecule has 1 aliphatic rings. The first-order valence-electron chi connectivity index (χ1n) is 16.7. The first kappa shape index (κ1) is 37.5. The smallest absolute Gasteiger partial charge is 0.162 e. The van der Waals surface area contributed by atoms with E-state index in [9.17, 15) is 9.90 Å². The number of hydrogen-bond donors (Lipinski definition) is 1. The van der Waals surface area contributed by atoms with Crippen molar-refractivity contribution in [2.24, 2.45) is 17.3 Å². The van der Waals surface area contributed by atoms with E-state index < -0.39 is 0 Å². The number of nitrogens with zero attached hydrogens (tertiary/aromatic N) is 3. The largest absolute Gasteiger partial charge is 0.512 e. The maximum atomic E-state index is 11.7. The maximum absolute atomic E-state index is 11.7. The van der Waals surface area contributed by atoms with Crippen molar-refractivity contribution in [3.63, 3.8) is 0 Å². The molecule has 5 rings (SSSR count). The fourth-order valence-corrected chi connectivity index (χ4v) is 6.74. The molecule has 1 aliphatic carbocycles. The third-order valence-electron chi connectivity index (χ3n) is 9.28. The molecule has 0 amide bonds. The fourth-order valence-electron chi connectivity index (χ4n) is 6.74. The van der Waals surface area contributed by atoms with Crippen molar-refractivity contribution in [2.75, 3.05) is 0 Å². The summed E-state index contributed by atoms with van der Waals surface area (Å²) >= 11 is 0. The van der Waals surface area contributed by atoms with E-state index >= 15 is 0 Å². The fraction of sp³-hybridized carbons (Fsp3) is 0.500. The SMILES string of the molecule is CCC(CC)C(=O)/C=C(\O)C(CC)CC.Cc1cc(C)c2nc3c([c-]c2c1)-c1ncnc2cc(CC(C)(C)C)cc(c12)C3(C)C.[Ir]. The van der Waals surface area contributed by atoms with Crippen molar-refractivity contribution in [2.45, 2.75) is 114 Å². The zero-order valence-electron chi connectivity index (χ0n) is 29.7. The Labute approximate surface area is 290 Å². The van der Waals surface area contributed by atoms with Crippen LogP contribution in [-0.4, -0.2) is 25.8 Å². The molecule has 0 saturated heterocycles. The van der Waals surface area contributed by atoms with Gasteiger partial charge in [0.2, 0.25) is 0 Å². The van der Waals surface area contributed by atoms with Crippen molar-refractivity contribution >= 4 is 27.6 Å². The summed E-state index contributed by atoms with van der Waals surface area (Å²) < 4.78 is 0. The van der Waals surface area contributed by atoms with Gasteiger partial charge in [-0.25, -0.2) is 4.98 Å². The molecule has 46 heavy (non-hydrogen) atoms. The molecule has 0 spiro atoms. The summed E-state index contributed by atoms with van der Waals surface area (Å²) in [5.41, 5.74) is 10.1. The van der Waals surface area contributed by atoms with Crippen LogP contribution in [0.5, 0.6) is 0 Å². The predicted molar refractivity (Wildman–Crippen MR) is 188 cm³/mol. The Hall–Kier alpha value is -2.95. The maximum Gasteiger partial charge on any atom is 0.162 e. The number of hydrogen-bond acceptors (Lipinski definition) is 5. The van der Waals surface area contributed by atoms with Crippen LogP contribution in [0.1, 0.15) is 116 Å². The number of aliphatic hydroxyl groups is 1. The monoisotopic (exact) mass is 799 g/mol. The molecular weight excluding hydrogens is 747 g/mol. The quantitative estimate of drug-likeness (QED) is 0.109. The second kappa shape index (κ2) is 14.9. The Morgan fingerprint density at radius 2 is 1.59 bits per heavy atom. The van der Waals surface area contributed by atoms with Gasteiger partial charge in [0, 0.05) is 49.1 Å². The summed E-state index contributed by atoms with van der Waals surface area (Å²) in [6, 6.07) is 12.6. The number of rotatable bonds is 8. The molecule has 0 fully saturated rings. The summed E-state index contributed by atoms with van der Waals surface area (Å²) in [4.78, 5) is 26.3. The van der Waals surface area contributed by atoms with Crippen LogP contribution in [0.25, 0.3) is 33.1 Å². The van der Waals surface area contributed by atoms with Gasteiger partial charge in [0.1, 0.15) is 6.33 Å². The Morgan fingerprint density at radius 3 is 2.17 bits per heavy atom. The molecule has 2 heterocycles. The summed E-state index contributed by atoms with van der Waals surface area (Å²) in [6.07, 6.45) is 7.60. The van der Waals surface area contributed by atoms with Crippen molar-refractivity contribution < 1.29 is 30.0 Å². The number of aryl methyl sites for hydroxylation is 2. The molecule has 2 aromatic heterocycles. The molecule has 0 atom stereocenters. The molecule has 1 N–H and O–H groups in total. The standard InChI is InChI=1S/C27H28N3.C13H24O2.Ir/c1-15-8-16(2)23-18(9-15)12-19-24-22-20(27(6,7)25(19)30-23)10-17(13-26(3,4)5)11-21(22)28-14-29-24;1-5-10(6-2)12(14)9-13(15)11(7-3)8-4;/h8-11,14H,13H2,1-7H3;9-11,14H,5-8H2,1-4H3;/q-1;;/b;12-9-;. The zero-order chi connectivity index (χ0) is 33.3. The van der Waals surface area contributed by atoms with Gasteiger partial charge in [-0.1, -0.05) is 96.5 Å². The zero-order valence-corrected chi connectivity index (χ0v) is 32.1. The number of carbonyl (C=O) groups excluding carboxylic acids is 1. The van der Waals surface area contributed by atoms with Crippen LogP contribution in [0.4, 0.5) is 0 Å². The van der Waals surface area contributed by atoms with Gasteiger partial charge in [-0.05, 0) is 85.2 Å². The van der Waals surface area contributed by atoms with Crippen LogP contribution in [0, 0.1) is 37.2 Å². The molecule has 0 aliphatic heterocycles. The van der Waals surface area contributed by atoms with Crippen LogP contribution in [0.2, 0.25) is 0 Å². The number of benzene rings is 2. The molecule has 0 bridgehead atoms. The number of pyridine rings is 1. The average Bonchev–Trinajstić information content (AvgIpc) is 2.96. The normalized spacial score (nSPS) is 13.8. The molecule has 249 valence electrons. The molecule has 0 saturated carbocycles. The van der Waals surface area contributed by atoms with E-state index in [0.717, 1.165) is 70.9 Å². The Balaban J connectivity index is 0.000000309. The van der Waals surface area contributed by atoms with E-state index in [1.807, 2.05) is 27.7 Å². The molecular formula is C40H52IrN3O2-. The Morgan fingerprint density at radius 1 is 0.957 bits per heavy atom. The molecule has 1 radical (unpaired) electrons. The van der Waals surface area contributed by atoms with Crippen molar-refractivity contribution in [3.05, 3.63) is 76.4 Å². The Bertz CT molecular complexity index is 1740.